The van der Waals surface area contributed by atoms with Crippen LogP contribution in [0, 0.1) is 0 Å². The Balaban J connectivity index is 1.42. The van der Waals surface area contributed by atoms with Crippen LogP contribution in [0.1, 0.15) is 12.8 Å². The molecular formula is C20H21N3O5. The molecule has 8 nitrogen and oxygen atoms in total. The first kappa shape index (κ1) is 18.0. The first-order chi connectivity index (χ1) is 13.6. The lowest BCUT2D eigenvalue weighted by Crippen LogP contribution is -2.45. The molecule has 2 heterocycles. The van der Waals surface area contributed by atoms with E-state index in [2.05, 4.69) is 10.6 Å². The quantitative estimate of drug-likeness (QED) is 0.847. The molecule has 1 saturated heterocycles. The van der Waals surface area contributed by atoms with Gasteiger partial charge in [-0.2, -0.15) is 0 Å². The number of urea groups is 1. The molecule has 0 spiro atoms. The third kappa shape index (κ3) is 3.66. The molecule has 1 atom stereocenters. The molecule has 2 aromatic rings. The van der Waals surface area contributed by atoms with Gasteiger partial charge in [-0.25, -0.2) is 4.79 Å². The van der Waals surface area contributed by atoms with E-state index in [1.807, 2.05) is 0 Å². The normalized spacial score (nSPS) is 17.3. The Kier molecular flexibility index (Phi) is 4.92. The van der Waals surface area contributed by atoms with Crippen molar-refractivity contribution in [2.24, 2.45) is 0 Å². The summed E-state index contributed by atoms with van der Waals surface area (Å²) in [4.78, 5) is 27.0. The van der Waals surface area contributed by atoms with Gasteiger partial charge in [-0.15, -0.1) is 0 Å². The lowest BCUT2D eigenvalue weighted by atomic mass is 10.2. The summed E-state index contributed by atoms with van der Waals surface area (Å²) in [7, 11) is 1.57. The van der Waals surface area contributed by atoms with Crippen LogP contribution in [0.3, 0.4) is 0 Å². The Morgan fingerprint density at radius 3 is 2.75 bits per heavy atom. The Bertz CT molecular complexity index is 901. The van der Waals surface area contributed by atoms with Gasteiger partial charge < -0.3 is 29.7 Å². The molecule has 4 rings (SSSR count). The van der Waals surface area contributed by atoms with E-state index >= 15 is 0 Å². The number of rotatable bonds is 4. The average molecular weight is 383 g/mol. The fourth-order valence-corrected chi connectivity index (χ4v) is 3.38. The van der Waals surface area contributed by atoms with Crippen LogP contribution in [0.4, 0.5) is 16.2 Å². The van der Waals surface area contributed by atoms with E-state index in [0.717, 1.165) is 6.42 Å². The Hall–Kier alpha value is -3.42. The van der Waals surface area contributed by atoms with Crippen LogP contribution in [-0.4, -0.2) is 43.3 Å². The summed E-state index contributed by atoms with van der Waals surface area (Å²) in [5.41, 5.74) is 1.22. The summed E-state index contributed by atoms with van der Waals surface area (Å²) in [6.45, 7) is 0.697. The number of benzene rings is 2. The fourth-order valence-electron chi connectivity index (χ4n) is 3.38. The van der Waals surface area contributed by atoms with Crippen molar-refractivity contribution in [3.63, 3.8) is 0 Å². The molecule has 2 N–H and O–H groups in total. The van der Waals surface area contributed by atoms with E-state index in [9.17, 15) is 9.59 Å². The summed E-state index contributed by atoms with van der Waals surface area (Å²) >= 11 is 0. The molecule has 0 saturated carbocycles. The monoisotopic (exact) mass is 383 g/mol. The number of nitrogens with one attached hydrogen (secondary N) is 2. The maximum Gasteiger partial charge on any atom is 0.322 e. The molecule has 0 aromatic heterocycles. The number of amides is 3. The molecule has 8 heteroatoms. The average Bonchev–Trinajstić information content (AvgIpc) is 3.37. The van der Waals surface area contributed by atoms with Gasteiger partial charge in [0.2, 0.25) is 12.7 Å². The van der Waals surface area contributed by atoms with Crippen LogP contribution >= 0.6 is 0 Å². The number of hydrogen-bond acceptors (Lipinski definition) is 5. The Morgan fingerprint density at radius 2 is 1.89 bits per heavy atom. The molecule has 3 amide bonds. The number of hydrogen-bond donors (Lipinski definition) is 2. The van der Waals surface area contributed by atoms with E-state index in [-0.39, 0.29) is 18.7 Å². The highest BCUT2D eigenvalue weighted by atomic mass is 16.7. The van der Waals surface area contributed by atoms with E-state index < -0.39 is 6.04 Å². The third-order valence-electron chi connectivity index (χ3n) is 4.78. The third-order valence-corrected chi connectivity index (χ3v) is 4.78. The van der Waals surface area contributed by atoms with Crippen molar-refractivity contribution < 1.29 is 23.8 Å². The zero-order valence-corrected chi connectivity index (χ0v) is 15.4. The molecular weight excluding hydrogens is 362 g/mol. The number of likely N-dealkylation sites (tertiary alicyclic amines) is 1. The van der Waals surface area contributed by atoms with Gasteiger partial charge in [0, 0.05) is 30.1 Å². The van der Waals surface area contributed by atoms with Crippen LogP contribution < -0.4 is 24.8 Å². The van der Waals surface area contributed by atoms with Gasteiger partial charge in [0.05, 0.1) is 7.11 Å². The van der Waals surface area contributed by atoms with E-state index in [0.29, 0.717) is 41.6 Å². The topological polar surface area (TPSA) is 89.1 Å². The lowest BCUT2D eigenvalue weighted by molar-refractivity contribution is -0.119. The van der Waals surface area contributed by atoms with Gasteiger partial charge >= 0.3 is 6.03 Å². The standard InChI is InChI=1S/C20H21N3O5/c1-26-15-5-2-4-13(10-15)22-20(25)23-9-3-6-16(23)19(24)21-14-7-8-17-18(11-14)28-12-27-17/h2,4-5,7-8,10-11,16H,3,6,9,12H2,1H3,(H,21,24)(H,22,25)/t16-/m1/s1. The molecule has 146 valence electrons. The molecule has 2 aliphatic heterocycles. The molecule has 2 aromatic carbocycles. The number of carbonyl (C=O) groups is 2. The number of carbonyl (C=O) groups excluding carboxylic acids is 2. The van der Waals surface area contributed by atoms with Gasteiger partial charge in [0.25, 0.3) is 0 Å². The summed E-state index contributed by atoms with van der Waals surface area (Å²) in [6, 6.07) is 11.5. The minimum Gasteiger partial charge on any atom is -0.497 e. The molecule has 2 aliphatic rings. The number of methoxy groups -OCH3 is 1. The van der Waals surface area contributed by atoms with Crippen LogP contribution in [0.2, 0.25) is 0 Å². The number of ether oxygens (including phenoxy) is 3. The molecule has 0 radical (unpaired) electrons. The number of nitrogens with zero attached hydrogens (tertiary/aromatic N) is 1. The lowest BCUT2D eigenvalue weighted by Gasteiger charge is -2.24. The maximum atomic E-state index is 12.8. The number of fused-ring (bicyclic) bond motifs is 1. The molecule has 0 aliphatic carbocycles. The highest BCUT2D eigenvalue weighted by Gasteiger charge is 2.34. The summed E-state index contributed by atoms with van der Waals surface area (Å²) in [5.74, 6) is 1.67. The highest BCUT2D eigenvalue weighted by molar-refractivity contribution is 5.99. The first-order valence-electron chi connectivity index (χ1n) is 9.06. The summed E-state index contributed by atoms with van der Waals surface area (Å²) in [6.07, 6.45) is 1.38. The minimum absolute atomic E-state index is 0.174. The fraction of sp³-hybridized carbons (Fsp3) is 0.300. The van der Waals surface area contributed by atoms with Gasteiger partial charge in [0.15, 0.2) is 11.5 Å². The van der Waals surface area contributed by atoms with Crippen molar-refractivity contribution in [3.05, 3.63) is 42.5 Å². The van der Waals surface area contributed by atoms with E-state index in [1.54, 1.807) is 54.5 Å². The Labute approximate surface area is 162 Å². The SMILES string of the molecule is COc1cccc(NC(=O)N2CCC[C@@H]2C(=O)Nc2ccc3c(c2)OCO3)c1. The molecule has 0 unspecified atom stereocenters. The second-order valence-electron chi connectivity index (χ2n) is 6.57. The summed E-state index contributed by atoms with van der Waals surface area (Å²) in [5, 5.41) is 5.70. The molecule has 1 fully saturated rings. The van der Waals surface area contributed by atoms with Crippen molar-refractivity contribution in [1.29, 1.82) is 0 Å². The number of anilines is 2. The van der Waals surface area contributed by atoms with Crippen molar-refractivity contribution in [2.45, 2.75) is 18.9 Å². The predicted octanol–water partition coefficient (Wildman–Crippen LogP) is 3.06. The van der Waals surface area contributed by atoms with E-state index in [1.165, 1.54) is 0 Å². The molecule has 0 bridgehead atoms. The van der Waals surface area contributed by atoms with E-state index in [4.69, 9.17) is 14.2 Å². The van der Waals surface area contributed by atoms with Gasteiger partial charge in [0.1, 0.15) is 11.8 Å². The van der Waals surface area contributed by atoms with Gasteiger partial charge in [-0.3, -0.25) is 4.79 Å². The van der Waals surface area contributed by atoms with Crippen molar-refractivity contribution >= 4 is 23.3 Å². The van der Waals surface area contributed by atoms with Crippen molar-refractivity contribution in [1.82, 2.24) is 4.90 Å². The zero-order chi connectivity index (χ0) is 19.5. The smallest absolute Gasteiger partial charge is 0.322 e. The summed E-state index contributed by atoms with van der Waals surface area (Å²) < 4.78 is 15.8. The van der Waals surface area contributed by atoms with Crippen LogP contribution in [0.15, 0.2) is 42.5 Å². The van der Waals surface area contributed by atoms with Gasteiger partial charge in [-0.05, 0) is 37.1 Å². The minimum atomic E-state index is -0.531. The Morgan fingerprint density at radius 1 is 1.07 bits per heavy atom. The zero-order valence-electron chi connectivity index (χ0n) is 15.4. The van der Waals surface area contributed by atoms with Crippen LogP contribution in [0.5, 0.6) is 17.2 Å². The highest BCUT2D eigenvalue weighted by Crippen LogP contribution is 2.34. The predicted molar refractivity (Wildman–Crippen MR) is 103 cm³/mol. The maximum absolute atomic E-state index is 12.8. The van der Waals surface area contributed by atoms with Crippen LogP contribution in [0.25, 0.3) is 0 Å². The van der Waals surface area contributed by atoms with Crippen molar-refractivity contribution in [3.8, 4) is 17.2 Å². The van der Waals surface area contributed by atoms with Crippen molar-refractivity contribution in [2.75, 3.05) is 31.1 Å². The van der Waals surface area contributed by atoms with Crippen LogP contribution in [-0.2, 0) is 4.79 Å². The van der Waals surface area contributed by atoms with Gasteiger partial charge in [-0.1, -0.05) is 6.07 Å². The first-order valence-corrected chi connectivity index (χ1v) is 9.06. The molecule has 28 heavy (non-hydrogen) atoms. The second kappa shape index (κ2) is 7.67. The second-order valence-corrected chi connectivity index (χ2v) is 6.57. The largest absolute Gasteiger partial charge is 0.497 e.